The lowest BCUT2D eigenvalue weighted by Gasteiger charge is -2.10. The molecule has 0 spiro atoms. The van der Waals surface area contributed by atoms with Crippen LogP contribution in [0.1, 0.15) is 6.42 Å². The highest BCUT2D eigenvalue weighted by Crippen LogP contribution is 2.22. The van der Waals surface area contributed by atoms with Crippen LogP contribution in [0.3, 0.4) is 0 Å². The predicted molar refractivity (Wildman–Crippen MR) is 56.2 cm³/mol. The fraction of sp³-hybridized carbons (Fsp3) is 0.500. The maximum Gasteiger partial charge on any atom is 0.224 e. The van der Waals surface area contributed by atoms with Gasteiger partial charge in [0.2, 0.25) is 5.91 Å². The maximum absolute atomic E-state index is 11.2. The predicted octanol–water partition coefficient (Wildman–Crippen LogP) is 0.368. The number of hydrogen-bond donors (Lipinski definition) is 2. The largest absolute Gasteiger partial charge is 0.389 e. The lowest BCUT2D eigenvalue weighted by atomic mass is 10.3. The molecule has 1 aliphatic rings. The molecule has 3 N–H and O–H groups in total. The summed E-state index contributed by atoms with van der Waals surface area (Å²) in [6.45, 7) is 0.734. The van der Waals surface area contributed by atoms with Gasteiger partial charge in [0.05, 0.1) is 12.2 Å². The summed E-state index contributed by atoms with van der Waals surface area (Å²) in [5.74, 6) is 0.173. The van der Waals surface area contributed by atoms with Gasteiger partial charge in [0, 0.05) is 20.0 Å². The number of likely N-dealkylation sites (tertiary alicyclic amines) is 1. The van der Waals surface area contributed by atoms with Crippen molar-refractivity contribution in [2.45, 2.75) is 12.5 Å². The molecular weight excluding hydrogens is 200 g/mol. The van der Waals surface area contributed by atoms with Crippen molar-refractivity contribution in [3.8, 4) is 0 Å². The van der Waals surface area contributed by atoms with Gasteiger partial charge in [-0.15, -0.1) is 0 Å². The molecule has 14 heavy (non-hydrogen) atoms. The first-order chi connectivity index (χ1) is 6.65. The molecule has 1 fully saturated rings. The number of carbonyl (C=O) groups excluding carboxylic acids is 1. The lowest BCUT2D eigenvalue weighted by molar-refractivity contribution is -0.126. The summed E-state index contributed by atoms with van der Waals surface area (Å²) in [6, 6.07) is 0.165. The molecular formula is C8H12N4OS. The average molecular weight is 212 g/mol. The molecule has 1 amide bonds. The number of amides is 1. The van der Waals surface area contributed by atoms with E-state index in [1.807, 2.05) is 0 Å². The number of thiazole rings is 1. The standard InChI is InChI=1S/C8H12N4OS/c1-12-4-5(2-7(12)13)11-8-10-3-6(9)14-8/h3,5H,2,4,9H2,1H3,(H,10,11). The topological polar surface area (TPSA) is 71.2 Å². The Hall–Kier alpha value is -1.30. The van der Waals surface area contributed by atoms with Crippen LogP contribution in [-0.2, 0) is 4.79 Å². The maximum atomic E-state index is 11.2. The number of aromatic nitrogens is 1. The normalized spacial score (nSPS) is 21.6. The molecule has 0 radical (unpaired) electrons. The second kappa shape index (κ2) is 3.45. The van der Waals surface area contributed by atoms with Crippen molar-refractivity contribution in [2.75, 3.05) is 24.6 Å². The molecule has 0 saturated carbocycles. The van der Waals surface area contributed by atoms with Crippen molar-refractivity contribution in [1.82, 2.24) is 9.88 Å². The molecule has 5 nitrogen and oxygen atoms in total. The third kappa shape index (κ3) is 1.79. The fourth-order valence-electron chi connectivity index (χ4n) is 1.49. The number of nitrogen functional groups attached to an aromatic ring is 1. The van der Waals surface area contributed by atoms with Crippen molar-refractivity contribution in [3.63, 3.8) is 0 Å². The van der Waals surface area contributed by atoms with E-state index in [9.17, 15) is 4.79 Å². The zero-order valence-electron chi connectivity index (χ0n) is 7.86. The van der Waals surface area contributed by atoms with Crippen molar-refractivity contribution in [1.29, 1.82) is 0 Å². The Bertz CT molecular complexity index is 351. The number of hydrogen-bond acceptors (Lipinski definition) is 5. The second-order valence-corrected chi connectivity index (χ2v) is 4.45. The van der Waals surface area contributed by atoms with Gasteiger partial charge in [-0.2, -0.15) is 0 Å². The first kappa shape index (κ1) is 9.26. The van der Waals surface area contributed by atoms with Gasteiger partial charge < -0.3 is 16.0 Å². The van der Waals surface area contributed by atoms with E-state index in [2.05, 4.69) is 10.3 Å². The molecule has 1 atom stereocenters. The molecule has 0 aromatic carbocycles. The second-order valence-electron chi connectivity index (χ2n) is 3.39. The first-order valence-electron chi connectivity index (χ1n) is 4.37. The average Bonchev–Trinajstić information content (AvgIpc) is 2.62. The van der Waals surface area contributed by atoms with Gasteiger partial charge in [-0.1, -0.05) is 11.3 Å². The Labute approximate surface area is 85.9 Å². The zero-order chi connectivity index (χ0) is 10.1. The minimum atomic E-state index is 0.165. The Kier molecular flexibility index (Phi) is 2.28. The molecule has 1 aliphatic heterocycles. The molecule has 76 valence electrons. The molecule has 6 heteroatoms. The summed E-state index contributed by atoms with van der Waals surface area (Å²) in [5, 5.41) is 4.66. The minimum Gasteiger partial charge on any atom is -0.389 e. The number of nitrogens with zero attached hydrogens (tertiary/aromatic N) is 2. The van der Waals surface area contributed by atoms with E-state index in [0.29, 0.717) is 11.4 Å². The molecule has 1 unspecified atom stereocenters. The molecule has 0 aliphatic carbocycles. The van der Waals surface area contributed by atoms with Crippen LogP contribution in [0.15, 0.2) is 6.20 Å². The van der Waals surface area contributed by atoms with E-state index in [0.717, 1.165) is 11.7 Å². The molecule has 0 bridgehead atoms. The van der Waals surface area contributed by atoms with Crippen LogP contribution < -0.4 is 11.1 Å². The highest BCUT2D eigenvalue weighted by atomic mass is 32.1. The van der Waals surface area contributed by atoms with Crippen LogP contribution in [0.5, 0.6) is 0 Å². The van der Waals surface area contributed by atoms with E-state index < -0.39 is 0 Å². The number of rotatable bonds is 2. The Morgan fingerprint density at radius 2 is 2.57 bits per heavy atom. The van der Waals surface area contributed by atoms with Crippen LogP contribution in [0.4, 0.5) is 10.1 Å². The van der Waals surface area contributed by atoms with E-state index in [-0.39, 0.29) is 11.9 Å². The molecule has 1 saturated heterocycles. The van der Waals surface area contributed by atoms with E-state index >= 15 is 0 Å². The van der Waals surface area contributed by atoms with Crippen LogP contribution in [0.25, 0.3) is 0 Å². The number of anilines is 2. The number of nitrogens with one attached hydrogen (secondary N) is 1. The summed E-state index contributed by atoms with van der Waals surface area (Å²) in [7, 11) is 1.81. The van der Waals surface area contributed by atoms with Gasteiger partial charge in [-0.05, 0) is 0 Å². The van der Waals surface area contributed by atoms with Gasteiger partial charge in [0.1, 0.15) is 5.00 Å². The Morgan fingerprint density at radius 3 is 3.07 bits per heavy atom. The lowest BCUT2D eigenvalue weighted by Crippen LogP contribution is -2.24. The highest BCUT2D eigenvalue weighted by Gasteiger charge is 2.26. The van der Waals surface area contributed by atoms with Crippen molar-refractivity contribution < 1.29 is 4.79 Å². The zero-order valence-corrected chi connectivity index (χ0v) is 8.67. The molecule has 2 heterocycles. The summed E-state index contributed by atoms with van der Waals surface area (Å²) < 4.78 is 0. The SMILES string of the molecule is CN1CC(Nc2ncc(N)s2)CC1=O. The number of carbonyl (C=O) groups is 1. The minimum absolute atomic E-state index is 0.165. The number of likely N-dealkylation sites (N-methyl/N-ethyl adjacent to an activating group) is 1. The fourth-order valence-corrected chi connectivity index (χ4v) is 2.15. The van der Waals surface area contributed by atoms with Gasteiger partial charge in [-0.3, -0.25) is 4.79 Å². The Balaban J connectivity index is 1.96. The summed E-state index contributed by atoms with van der Waals surface area (Å²) in [6.07, 6.45) is 2.16. The van der Waals surface area contributed by atoms with Gasteiger partial charge >= 0.3 is 0 Å². The van der Waals surface area contributed by atoms with Crippen LogP contribution >= 0.6 is 11.3 Å². The molecule has 2 rings (SSSR count). The van der Waals surface area contributed by atoms with Gasteiger partial charge in [-0.25, -0.2) is 4.98 Å². The summed E-state index contributed by atoms with van der Waals surface area (Å²) in [4.78, 5) is 17.0. The smallest absolute Gasteiger partial charge is 0.224 e. The van der Waals surface area contributed by atoms with Crippen molar-refractivity contribution in [2.24, 2.45) is 0 Å². The summed E-state index contributed by atoms with van der Waals surface area (Å²) >= 11 is 1.40. The van der Waals surface area contributed by atoms with Gasteiger partial charge in [0.25, 0.3) is 0 Å². The van der Waals surface area contributed by atoms with E-state index in [1.54, 1.807) is 18.1 Å². The molecule has 1 aromatic heterocycles. The first-order valence-corrected chi connectivity index (χ1v) is 5.18. The van der Waals surface area contributed by atoms with E-state index in [4.69, 9.17) is 5.73 Å². The van der Waals surface area contributed by atoms with Crippen molar-refractivity contribution >= 4 is 27.4 Å². The van der Waals surface area contributed by atoms with Crippen molar-refractivity contribution in [3.05, 3.63) is 6.20 Å². The van der Waals surface area contributed by atoms with Crippen LogP contribution in [-0.4, -0.2) is 35.4 Å². The summed E-state index contributed by atoms with van der Waals surface area (Å²) in [5.41, 5.74) is 5.55. The van der Waals surface area contributed by atoms with Crippen LogP contribution in [0, 0.1) is 0 Å². The van der Waals surface area contributed by atoms with Crippen LogP contribution in [0.2, 0.25) is 0 Å². The van der Waals surface area contributed by atoms with E-state index in [1.165, 1.54) is 11.3 Å². The Morgan fingerprint density at radius 1 is 1.79 bits per heavy atom. The monoisotopic (exact) mass is 212 g/mol. The highest BCUT2D eigenvalue weighted by molar-refractivity contribution is 7.19. The number of nitrogens with two attached hydrogens (primary N) is 1. The molecule has 1 aromatic rings. The van der Waals surface area contributed by atoms with Gasteiger partial charge in [0.15, 0.2) is 5.13 Å². The third-order valence-corrected chi connectivity index (χ3v) is 2.95. The third-order valence-electron chi connectivity index (χ3n) is 2.19. The quantitative estimate of drug-likeness (QED) is 0.743.